The first-order chi connectivity index (χ1) is 10.4. The lowest BCUT2D eigenvalue weighted by Gasteiger charge is -2.09. The molecule has 110 valence electrons. The van der Waals surface area contributed by atoms with Crippen molar-refractivity contribution in [3.63, 3.8) is 0 Å². The van der Waals surface area contributed by atoms with Crippen LogP contribution in [0, 0.1) is 0 Å². The first kappa shape index (κ1) is 13.1. The van der Waals surface area contributed by atoms with Crippen LogP contribution >= 0.6 is 0 Å². The summed E-state index contributed by atoms with van der Waals surface area (Å²) < 4.78 is 21.7. The molecule has 4 nitrogen and oxygen atoms in total. The number of ether oxygens (including phenoxy) is 4. The number of fused-ring (bicyclic) bond motifs is 1. The molecule has 21 heavy (non-hydrogen) atoms. The number of epoxide rings is 2. The number of hydrogen-bond acceptors (Lipinski definition) is 4. The first-order valence-corrected chi connectivity index (χ1v) is 7.34. The summed E-state index contributed by atoms with van der Waals surface area (Å²) in [6.45, 7) is 3.59. The largest absolute Gasteiger partial charge is 0.491 e. The maximum absolute atomic E-state index is 5.73. The van der Waals surface area contributed by atoms with E-state index in [1.165, 1.54) is 16.3 Å². The van der Waals surface area contributed by atoms with Crippen molar-refractivity contribution in [3.8, 4) is 5.75 Å². The Hall–Kier alpha value is -1.62. The third kappa shape index (κ3) is 3.35. The second kappa shape index (κ2) is 5.64. The van der Waals surface area contributed by atoms with Crippen LogP contribution in [0.3, 0.4) is 0 Å². The first-order valence-electron chi connectivity index (χ1n) is 7.34. The maximum Gasteiger partial charge on any atom is 0.120 e. The topological polar surface area (TPSA) is 43.5 Å². The van der Waals surface area contributed by atoms with E-state index in [1.807, 2.05) is 6.07 Å². The molecule has 0 aromatic heterocycles. The van der Waals surface area contributed by atoms with Crippen molar-refractivity contribution in [3.05, 3.63) is 42.0 Å². The smallest absolute Gasteiger partial charge is 0.120 e. The fourth-order valence-corrected chi connectivity index (χ4v) is 2.36. The van der Waals surface area contributed by atoms with Gasteiger partial charge in [-0.25, -0.2) is 0 Å². The predicted octanol–water partition coefficient (Wildman–Crippen LogP) is 2.53. The highest BCUT2D eigenvalue weighted by Crippen LogP contribution is 2.25. The number of hydrogen-bond donors (Lipinski definition) is 0. The third-order valence-electron chi connectivity index (χ3n) is 3.74. The molecule has 0 N–H and O–H groups in total. The summed E-state index contributed by atoms with van der Waals surface area (Å²) in [7, 11) is 0. The highest BCUT2D eigenvalue weighted by atomic mass is 16.6. The van der Waals surface area contributed by atoms with Gasteiger partial charge in [0.2, 0.25) is 0 Å². The molecule has 2 unspecified atom stereocenters. The van der Waals surface area contributed by atoms with Crippen molar-refractivity contribution in [1.82, 2.24) is 0 Å². The van der Waals surface area contributed by atoms with Crippen molar-refractivity contribution in [2.24, 2.45) is 0 Å². The molecule has 0 saturated carbocycles. The van der Waals surface area contributed by atoms with Crippen molar-refractivity contribution in [2.45, 2.75) is 18.8 Å². The lowest BCUT2D eigenvalue weighted by atomic mass is 10.0. The quantitative estimate of drug-likeness (QED) is 0.734. The van der Waals surface area contributed by atoms with Crippen molar-refractivity contribution < 1.29 is 18.9 Å². The fraction of sp³-hybridized carbons (Fsp3) is 0.412. The van der Waals surface area contributed by atoms with Gasteiger partial charge in [0, 0.05) is 0 Å². The van der Waals surface area contributed by atoms with Gasteiger partial charge in [-0.3, -0.25) is 0 Å². The van der Waals surface area contributed by atoms with Crippen molar-refractivity contribution in [1.29, 1.82) is 0 Å². The SMILES string of the molecule is c1cc(COCC2CO2)c2ccc(OCC3CO3)cc2c1. The Morgan fingerprint density at radius 2 is 1.81 bits per heavy atom. The molecule has 2 saturated heterocycles. The van der Waals surface area contributed by atoms with Gasteiger partial charge in [0.1, 0.15) is 24.6 Å². The lowest BCUT2D eigenvalue weighted by Crippen LogP contribution is -2.04. The fourth-order valence-electron chi connectivity index (χ4n) is 2.36. The molecule has 2 heterocycles. The predicted molar refractivity (Wildman–Crippen MR) is 78.6 cm³/mol. The van der Waals surface area contributed by atoms with Crippen LogP contribution in [0.5, 0.6) is 5.75 Å². The standard InChI is InChI=1S/C17H18O4/c1-2-12-6-14(19-10-16-11-21-16)4-5-17(12)13(3-1)7-18-8-15-9-20-15/h1-6,15-16H,7-11H2. The van der Waals surface area contributed by atoms with Crippen LogP contribution in [0.15, 0.2) is 36.4 Å². The van der Waals surface area contributed by atoms with E-state index in [9.17, 15) is 0 Å². The van der Waals surface area contributed by atoms with Crippen LogP contribution in [0.25, 0.3) is 10.8 Å². The Morgan fingerprint density at radius 3 is 2.62 bits per heavy atom. The highest BCUT2D eigenvalue weighted by molar-refractivity contribution is 5.86. The lowest BCUT2D eigenvalue weighted by molar-refractivity contribution is 0.105. The van der Waals surface area contributed by atoms with E-state index in [1.54, 1.807) is 0 Å². The summed E-state index contributed by atoms with van der Waals surface area (Å²) in [6.07, 6.45) is 0.592. The molecule has 0 radical (unpaired) electrons. The van der Waals surface area contributed by atoms with Gasteiger partial charge >= 0.3 is 0 Å². The summed E-state index contributed by atoms with van der Waals surface area (Å²) in [6, 6.07) is 12.5. The number of rotatable bonds is 7. The second-order valence-corrected chi connectivity index (χ2v) is 5.54. The summed E-state index contributed by atoms with van der Waals surface area (Å²) in [5.74, 6) is 0.891. The summed E-state index contributed by atoms with van der Waals surface area (Å²) in [5, 5.41) is 2.39. The van der Waals surface area contributed by atoms with Gasteiger partial charge in [0.15, 0.2) is 0 Å². The highest BCUT2D eigenvalue weighted by Gasteiger charge is 2.23. The molecular formula is C17H18O4. The minimum atomic E-state index is 0.282. The molecule has 0 spiro atoms. The molecule has 4 heteroatoms. The Kier molecular flexibility index (Phi) is 3.51. The molecule has 2 aliphatic rings. The van der Waals surface area contributed by atoms with E-state index in [-0.39, 0.29) is 6.10 Å². The molecule has 2 atom stereocenters. The van der Waals surface area contributed by atoms with E-state index in [2.05, 4.69) is 30.3 Å². The van der Waals surface area contributed by atoms with Gasteiger partial charge < -0.3 is 18.9 Å². The summed E-state index contributed by atoms with van der Waals surface area (Å²) >= 11 is 0. The summed E-state index contributed by atoms with van der Waals surface area (Å²) in [4.78, 5) is 0. The molecule has 0 bridgehead atoms. The normalized spacial score (nSPS) is 23.2. The van der Waals surface area contributed by atoms with E-state index >= 15 is 0 Å². The van der Waals surface area contributed by atoms with Gasteiger partial charge in [-0.05, 0) is 28.5 Å². The van der Waals surface area contributed by atoms with Gasteiger partial charge in [-0.1, -0.05) is 24.3 Å². The second-order valence-electron chi connectivity index (χ2n) is 5.54. The van der Waals surface area contributed by atoms with E-state index < -0.39 is 0 Å². The van der Waals surface area contributed by atoms with Gasteiger partial charge in [-0.2, -0.15) is 0 Å². The average molecular weight is 286 g/mol. The van der Waals surface area contributed by atoms with E-state index in [0.29, 0.717) is 25.9 Å². The zero-order chi connectivity index (χ0) is 14.1. The Balaban J connectivity index is 1.47. The maximum atomic E-state index is 5.73. The Morgan fingerprint density at radius 1 is 1.00 bits per heavy atom. The molecule has 2 aliphatic heterocycles. The van der Waals surface area contributed by atoms with Crippen LogP contribution in [0.1, 0.15) is 5.56 Å². The molecule has 2 aromatic carbocycles. The van der Waals surface area contributed by atoms with Gasteiger partial charge in [-0.15, -0.1) is 0 Å². The Labute approximate surface area is 123 Å². The van der Waals surface area contributed by atoms with E-state index in [0.717, 1.165) is 19.0 Å². The zero-order valence-corrected chi connectivity index (χ0v) is 11.8. The van der Waals surface area contributed by atoms with Crippen LogP contribution in [0.4, 0.5) is 0 Å². The van der Waals surface area contributed by atoms with Crippen molar-refractivity contribution in [2.75, 3.05) is 26.4 Å². The molecule has 2 aromatic rings. The molecule has 4 rings (SSSR count). The average Bonchev–Trinajstić information content (AvgIpc) is 3.39. The third-order valence-corrected chi connectivity index (χ3v) is 3.74. The minimum absolute atomic E-state index is 0.282. The number of benzene rings is 2. The molecule has 0 aliphatic carbocycles. The monoisotopic (exact) mass is 286 g/mol. The Bertz CT molecular complexity index is 632. The minimum Gasteiger partial charge on any atom is -0.491 e. The molecule has 2 fully saturated rings. The zero-order valence-electron chi connectivity index (χ0n) is 11.8. The van der Waals surface area contributed by atoms with Crippen LogP contribution < -0.4 is 4.74 Å². The van der Waals surface area contributed by atoms with Crippen LogP contribution in [-0.2, 0) is 20.8 Å². The summed E-state index contributed by atoms with van der Waals surface area (Å²) in [5.41, 5.74) is 1.20. The van der Waals surface area contributed by atoms with Gasteiger partial charge in [0.05, 0.1) is 26.4 Å². The van der Waals surface area contributed by atoms with Crippen LogP contribution in [-0.4, -0.2) is 38.6 Å². The van der Waals surface area contributed by atoms with Crippen LogP contribution in [0.2, 0.25) is 0 Å². The van der Waals surface area contributed by atoms with Crippen molar-refractivity contribution >= 4 is 10.8 Å². The van der Waals surface area contributed by atoms with E-state index in [4.69, 9.17) is 18.9 Å². The molecule has 0 amide bonds. The van der Waals surface area contributed by atoms with Gasteiger partial charge in [0.25, 0.3) is 0 Å². The molecular weight excluding hydrogens is 268 g/mol.